The lowest BCUT2D eigenvalue weighted by Crippen LogP contribution is -2.47. The summed E-state index contributed by atoms with van der Waals surface area (Å²) >= 11 is 12.0. The highest BCUT2D eigenvalue weighted by Gasteiger charge is 2.19. The zero-order valence-corrected chi connectivity index (χ0v) is 21.3. The van der Waals surface area contributed by atoms with E-state index in [1.54, 1.807) is 12.3 Å². The van der Waals surface area contributed by atoms with Crippen LogP contribution in [0.25, 0.3) is 0 Å². The Balaban J connectivity index is 0.000000420. The summed E-state index contributed by atoms with van der Waals surface area (Å²) in [5.74, 6) is 0.954. The predicted molar refractivity (Wildman–Crippen MR) is 140 cm³/mol. The fraction of sp³-hybridized carbons (Fsp3) is 0.360. The van der Waals surface area contributed by atoms with E-state index in [1.807, 2.05) is 54.0 Å². The van der Waals surface area contributed by atoms with E-state index >= 15 is 0 Å². The van der Waals surface area contributed by atoms with Crippen molar-refractivity contribution in [2.24, 2.45) is 5.73 Å². The molecule has 0 aliphatic carbocycles. The van der Waals surface area contributed by atoms with Crippen LogP contribution in [0, 0.1) is 6.92 Å². The summed E-state index contributed by atoms with van der Waals surface area (Å²) in [4.78, 5) is 20.1. The number of aryl methyl sites for hydroxylation is 1. The average molecular weight is 520 g/mol. The molecule has 1 saturated heterocycles. The van der Waals surface area contributed by atoms with E-state index in [9.17, 15) is 4.79 Å². The van der Waals surface area contributed by atoms with Crippen molar-refractivity contribution in [2.75, 3.05) is 50.8 Å². The zero-order chi connectivity index (χ0) is 25.2. The highest BCUT2D eigenvalue weighted by molar-refractivity contribution is 6.33. The molecule has 2 heterocycles. The molecule has 1 amide bonds. The SMILES string of the molecule is Cc1nc(C(N)=O)cn1CCN1CCN(c2ccc(OCCO)cc2Cl)CC1.Clc1ccccc1. The van der Waals surface area contributed by atoms with Crippen LogP contribution in [0.2, 0.25) is 10.0 Å². The van der Waals surface area contributed by atoms with Crippen molar-refractivity contribution >= 4 is 34.8 Å². The van der Waals surface area contributed by atoms with Crippen LogP contribution >= 0.6 is 23.2 Å². The second-order valence-electron chi connectivity index (χ2n) is 8.04. The lowest BCUT2D eigenvalue weighted by atomic mass is 10.2. The molecule has 0 radical (unpaired) electrons. The molecule has 4 rings (SSSR count). The molecule has 0 atom stereocenters. The molecule has 0 bridgehead atoms. The predicted octanol–water partition coefficient (Wildman–Crippen LogP) is 3.48. The van der Waals surface area contributed by atoms with Gasteiger partial charge in [0.15, 0.2) is 0 Å². The van der Waals surface area contributed by atoms with Crippen LogP contribution in [0.5, 0.6) is 5.75 Å². The van der Waals surface area contributed by atoms with E-state index in [-0.39, 0.29) is 13.2 Å². The second-order valence-corrected chi connectivity index (χ2v) is 8.88. The number of amides is 1. The van der Waals surface area contributed by atoms with E-state index in [2.05, 4.69) is 14.8 Å². The van der Waals surface area contributed by atoms with Gasteiger partial charge in [-0.3, -0.25) is 9.69 Å². The van der Waals surface area contributed by atoms with Gasteiger partial charge in [-0.15, -0.1) is 0 Å². The Labute approximate surface area is 215 Å². The summed E-state index contributed by atoms with van der Waals surface area (Å²) in [7, 11) is 0. The number of primary amides is 1. The number of imidazole rings is 1. The number of ether oxygens (including phenoxy) is 1. The molecule has 188 valence electrons. The minimum atomic E-state index is -0.500. The minimum absolute atomic E-state index is 0.0240. The molecule has 2 aromatic carbocycles. The van der Waals surface area contributed by atoms with E-state index in [0.29, 0.717) is 16.5 Å². The molecular formula is C25H31Cl2N5O3. The topological polar surface area (TPSA) is 96.8 Å². The first-order valence-corrected chi connectivity index (χ1v) is 12.2. The molecule has 1 aromatic heterocycles. The highest BCUT2D eigenvalue weighted by atomic mass is 35.5. The first kappa shape index (κ1) is 26.8. The molecule has 0 spiro atoms. The van der Waals surface area contributed by atoms with Gasteiger partial charge in [-0.1, -0.05) is 41.4 Å². The number of benzene rings is 2. The number of hydrogen-bond donors (Lipinski definition) is 2. The number of nitrogens with zero attached hydrogens (tertiary/aromatic N) is 4. The number of hydrogen-bond acceptors (Lipinski definition) is 6. The Morgan fingerprint density at radius 1 is 1.09 bits per heavy atom. The lowest BCUT2D eigenvalue weighted by Gasteiger charge is -2.36. The minimum Gasteiger partial charge on any atom is -0.491 e. The monoisotopic (exact) mass is 519 g/mol. The molecule has 10 heteroatoms. The Bertz CT molecular complexity index is 1090. The van der Waals surface area contributed by atoms with Gasteiger partial charge in [-0.25, -0.2) is 4.98 Å². The number of aliphatic hydroxyl groups excluding tert-OH is 1. The van der Waals surface area contributed by atoms with Gasteiger partial charge in [-0.05, 0) is 31.2 Å². The number of anilines is 1. The van der Waals surface area contributed by atoms with Gasteiger partial charge in [0.05, 0.1) is 17.3 Å². The van der Waals surface area contributed by atoms with Crippen LogP contribution in [-0.2, 0) is 6.54 Å². The number of carbonyl (C=O) groups is 1. The summed E-state index contributed by atoms with van der Waals surface area (Å²) in [6.07, 6.45) is 1.72. The molecule has 3 N–H and O–H groups in total. The second kappa shape index (κ2) is 13.3. The van der Waals surface area contributed by atoms with Crippen molar-refractivity contribution in [3.63, 3.8) is 0 Å². The van der Waals surface area contributed by atoms with Crippen LogP contribution in [0.3, 0.4) is 0 Å². The van der Waals surface area contributed by atoms with Gasteiger partial charge >= 0.3 is 0 Å². The van der Waals surface area contributed by atoms with Gasteiger partial charge in [0.2, 0.25) is 0 Å². The van der Waals surface area contributed by atoms with Gasteiger partial charge in [-0.2, -0.15) is 0 Å². The largest absolute Gasteiger partial charge is 0.491 e. The molecule has 1 aliphatic heterocycles. The highest BCUT2D eigenvalue weighted by Crippen LogP contribution is 2.30. The maximum absolute atomic E-state index is 11.2. The quantitative estimate of drug-likeness (QED) is 0.472. The third kappa shape index (κ3) is 8.14. The van der Waals surface area contributed by atoms with Gasteiger partial charge in [0, 0.05) is 56.6 Å². The first-order valence-electron chi connectivity index (χ1n) is 11.4. The number of piperazine rings is 1. The summed E-state index contributed by atoms with van der Waals surface area (Å²) in [5, 5.41) is 10.3. The summed E-state index contributed by atoms with van der Waals surface area (Å²) < 4.78 is 7.36. The van der Waals surface area contributed by atoms with Crippen LogP contribution in [0.4, 0.5) is 5.69 Å². The van der Waals surface area contributed by atoms with Crippen molar-refractivity contribution in [2.45, 2.75) is 13.5 Å². The molecule has 3 aromatic rings. The van der Waals surface area contributed by atoms with Crippen molar-refractivity contribution < 1.29 is 14.6 Å². The van der Waals surface area contributed by atoms with Crippen molar-refractivity contribution in [3.05, 3.63) is 76.3 Å². The number of aromatic nitrogens is 2. The fourth-order valence-corrected chi connectivity index (χ4v) is 4.16. The Kier molecular flexibility index (Phi) is 10.2. The smallest absolute Gasteiger partial charge is 0.268 e. The molecule has 8 nitrogen and oxygen atoms in total. The fourth-order valence-electron chi connectivity index (χ4n) is 3.73. The molecule has 0 unspecified atom stereocenters. The van der Waals surface area contributed by atoms with Crippen molar-refractivity contribution in [3.8, 4) is 5.75 Å². The number of nitrogens with two attached hydrogens (primary N) is 1. The van der Waals surface area contributed by atoms with Crippen LogP contribution in [0.1, 0.15) is 16.3 Å². The number of aliphatic hydroxyl groups is 1. The Morgan fingerprint density at radius 2 is 1.80 bits per heavy atom. The van der Waals surface area contributed by atoms with E-state index in [4.69, 9.17) is 38.8 Å². The Morgan fingerprint density at radius 3 is 2.34 bits per heavy atom. The maximum atomic E-state index is 11.2. The standard InChI is InChI=1S/C19H26ClN5O3.C6H5Cl/c1-14-22-17(19(21)27)13-25(14)9-6-23-4-7-24(8-5-23)18-3-2-15(12-16(18)20)28-11-10-26;7-6-4-2-1-3-5-6/h2-3,12-13,26H,4-11H2,1H3,(H2,21,27);1-5H. The molecule has 35 heavy (non-hydrogen) atoms. The number of rotatable bonds is 8. The molecular weight excluding hydrogens is 489 g/mol. The van der Waals surface area contributed by atoms with Crippen LogP contribution in [0.15, 0.2) is 54.7 Å². The Hall–Kier alpha value is -2.78. The van der Waals surface area contributed by atoms with E-state index in [1.165, 1.54) is 0 Å². The van der Waals surface area contributed by atoms with Crippen LogP contribution in [-0.4, -0.2) is 71.4 Å². The van der Waals surface area contributed by atoms with Crippen molar-refractivity contribution in [1.82, 2.24) is 14.5 Å². The lowest BCUT2D eigenvalue weighted by molar-refractivity contribution is 0.0996. The molecule has 1 fully saturated rings. The normalized spacial score (nSPS) is 13.8. The first-order chi connectivity index (χ1) is 16.9. The van der Waals surface area contributed by atoms with Crippen molar-refractivity contribution in [1.29, 1.82) is 0 Å². The third-order valence-corrected chi connectivity index (χ3v) is 6.17. The maximum Gasteiger partial charge on any atom is 0.268 e. The van der Waals surface area contributed by atoms with E-state index in [0.717, 1.165) is 55.8 Å². The third-order valence-electron chi connectivity index (χ3n) is 5.61. The van der Waals surface area contributed by atoms with Gasteiger partial charge in [0.25, 0.3) is 5.91 Å². The summed E-state index contributed by atoms with van der Waals surface area (Å²) in [5.41, 5.74) is 6.59. The van der Waals surface area contributed by atoms with E-state index < -0.39 is 5.91 Å². The van der Waals surface area contributed by atoms with Gasteiger partial charge in [0.1, 0.15) is 23.9 Å². The summed E-state index contributed by atoms with van der Waals surface area (Å²) in [6, 6.07) is 15.1. The van der Waals surface area contributed by atoms with Gasteiger partial charge < -0.3 is 25.0 Å². The summed E-state index contributed by atoms with van der Waals surface area (Å²) in [6.45, 7) is 7.37. The molecule has 1 aliphatic rings. The molecule has 0 saturated carbocycles. The average Bonchev–Trinajstić information content (AvgIpc) is 3.24. The zero-order valence-electron chi connectivity index (χ0n) is 19.7. The number of carbonyl (C=O) groups excluding carboxylic acids is 1. The van der Waals surface area contributed by atoms with Crippen LogP contribution < -0.4 is 15.4 Å². The number of halogens is 2.